The molecule has 1 heterocycles. The molecule has 6 heteroatoms. The zero-order valence-electron chi connectivity index (χ0n) is 10.4. The van der Waals surface area contributed by atoms with Crippen molar-refractivity contribution in [1.29, 1.82) is 0 Å². The van der Waals surface area contributed by atoms with Crippen LogP contribution < -0.4 is 10.1 Å². The van der Waals surface area contributed by atoms with E-state index >= 15 is 0 Å². The van der Waals surface area contributed by atoms with Gasteiger partial charge >= 0.3 is 5.69 Å². The Morgan fingerprint density at radius 1 is 1.26 bits per heavy atom. The Bertz CT molecular complexity index is 573. The van der Waals surface area contributed by atoms with E-state index in [-0.39, 0.29) is 11.5 Å². The summed E-state index contributed by atoms with van der Waals surface area (Å²) in [4.78, 5) is 14.3. The number of pyridine rings is 1. The molecule has 0 aliphatic carbocycles. The molecule has 0 saturated heterocycles. The fraction of sp³-hybridized carbons (Fsp3) is 0.154. The minimum Gasteiger partial charge on any atom is -0.473 e. The quantitative estimate of drug-likeness (QED) is 0.659. The van der Waals surface area contributed by atoms with Gasteiger partial charge in [-0.3, -0.25) is 10.1 Å². The van der Waals surface area contributed by atoms with Gasteiger partial charge in [-0.05, 0) is 5.56 Å². The number of benzene rings is 1. The number of nitrogens with one attached hydrogen (secondary N) is 1. The number of anilines is 1. The van der Waals surface area contributed by atoms with Gasteiger partial charge in [-0.25, -0.2) is 0 Å². The van der Waals surface area contributed by atoms with Crippen molar-refractivity contribution < 1.29 is 9.66 Å². The van der Waals surface area contributed by atoms with Crippen molar-refractivity contribution in [2.24, 2.45) is 0 Å². The lowest BCUT2D eigenvalue weighted by Gasteiger charge is -2.07. The fourth-order valence-electron chi connectivity index (χ4n) is 1.58. The molecule has 0 fully saturated rings. The van der Waals surface area contributed by atoms with Gasteiger partial charge in [0.15, 0.2) is 0 Å². The summed E-state index contributed by atoms with van der Waals surface area (Å²) in [5.74, 6) is 0.536. The maximum absolute atomic E-state index is 10.8. The summed E-state index contributed by atoms with van der Waals surface area (Å²) in [6.45, 7) is 0.370. The Morgan fingerprint density at radius 2 is 2.00 bits per heavy atom. The van der Waals surface area contributed by atoms with Crippen LogP contribution in [0.25, 0.3) is 0 Å². The number of aromatic nitrogens is 1. The Balaban J connectivity index is 2.11. The first-order valence-electron chi connectivity index (χ1n) is 5.70. The van der Waals surface area contributed by atoms with Crippen LogP contribution in [0.5, 0.6) is 5.88 Å². The molecule has 19 heavy (non-hydrogen) atoms. The Morgan fingerprint density at radius 3 is 2.63 bits per heavy atom. The monoisotopic (exact) mass is 259 g/mol. The highest BCUT2D eigenvalue weighted by molar-refractivity contribution is 5.56. The first kappa shape index (κ1) is 12.8. The number of ether oxygens (including phenoxy) is 1. The van der Waals surface area contributed by atoms with Crippen LogP contribution in [0.15, 0.2) is 42.5 Å². The zero-order chi connectivity index (χ0) is 13.7. The zero-order valence-corrected chi connectivity index (χ0v) is 10.4. The first-order valence-corrected chi connectivity index (χ1v) is 5.70. The highest BCUT2D eigenvalue weighted by atomic mass is 16.6. The standard InChI is InChI=1S/C13H13N3O3/c1-14-13-11(16(17)18)7-8-12(15-13)19-9-10-5-3-2-4-6-10/h2-8H,9H2,1H3,(H,14,15). The van der Waals surface area contributed by atoms with E-state index in [1.807, 2.05) is 30.3 Å². The normalized spacial score (nSPS) is 9.95. The maximum atomic E-state index is 10.8. The van der Waals surface area contributed by atoms with Gasteiger partial charge in [-0.15, -0.1) is 0 Å². The minimum absolute atomic E-state index is 0.0745. The van der Waals surface area contributed by atoms with Crippen LogP contribution in [-0.4, -0.2) is 17.0 Å². The third kappa shape index (κ3) is 3.19. The summed E-state index contributed by atoms with van der Waals surface area (Å²) in [6, 6.07) is 12.5. The van der Waals surface area contributed by atoms with Gasteiger partial charge in [0.1, 0.15) is 6.61 Å². The van der Waals surface area contributed by atoms with Crippen LogP contribution in [0.3, 0.4) is 0 Å². The van der Waals surface area contributed by atoms with Crippen molar-refractivity contribution in [2.45, 2.75) is 6.61 Å². The molecule has 0 saturated carbocycles. The predicted molar refractivity (Wildman–Crippen MR) is 71.2 cm³/mol. The Kier molecular flexibility index (Phi) is 3.92. The topological polar surface area (TPSA) is 77.3 Å². The van der Waals surface area contributed by atoms with Crippen molar-refractivity contribution in [3.05, 3.63) is 58.1 Å². The largest absolute Gasteiger partial charge is 0.473 e. The summed E-state index contributed by atoms with van der Waals surface area (Å²) in [7, 11) is 1.58. The van der Waals surface area contributed by atoms with Gasteiger partial charge in [0, 0.05) is 19.2 Å². The van der Waals surface area contributed by atoms with Crippen molar-refractivity contribution >= 4 is 11.5 Å². The van der Waals surface area contributed by atoms with Crippen molar-refractivity contribution in [1.82, 2.24) is 4.98 Å². The second-order valence-electron chi connectivity index (χ2n) is 3.80. The van der Waals surface area contributed by atoms with E-state index in [1.54, 1.807) is 7.05 Å². The summed E-state index contributed by atoms with van der Waals surface area (Å²) in [6.07, 6.45) is 0. The third-order valence-corrected chi connectivity index (χ3v) is 2.51. The van der Waals surface area contributed by atoms with E-state index in [0.717, 1.165) is 5.56 Å². The molecule has 6 nitrogen and oxygen atoms in total. The van der Waals surface area contributed by atoms with E-state index in [9.17, 15) is 10.1 Å². The molecule has 0 bridgehead atoms. The smallest absolute Gasteiger partial charge is 0.311 e. The molecule has 1 aromatic heterocycles. The fourth-order valence-corrected chi connectivity index (χ4v) is 1.58. The van der Waals surface area contributed by atoms with Gasteiger partial charge in [0.2, 0.25) is 11.7 Å². The number of hydrogen-bond donors (Lipinski definition) is 1. The number of nitro groups is 1. The lowest BCUT2D eigenvalue weighted by Crippen LogP contribution is -2.02. The first-order chi connectivity index (χ1) is 9.20. The summed E-state index contributed by atoms with van der Waals surface area (Å²) >= 11 is 0. The van der Waals surface area contributed by atoms with Crippen molar-refractivity contribution in [2.75, 3.05) is 12.4 Å². The van der Waals surface area contributed by atoms with Gasteiger partial charge < -0.3 is 10.1 Å². The number of hydrogen-bond acceptors (Lipinski definition) is 5. The molecule has 0 radical (unpaired) electrons. The van der Waals surface area contributed by atoms with Crippen LogP contribution in [-0.2, 0) is 6.61 Å². The van der Waals surface area contributed by atoms with Gasteiger partial charge in [0.05, 0.1) is 4.92 Å². The summed E-state index contributed by atoms with van der Waals surface area (Å²) in [5, 5.41) is 13.4. The van der Waals surface area contributed by atoms with Crippen LogP contribution in [0.1, 0.15) is 5.56 Å². The molecule has 0 aliphatic rings. The average Bonchev–Trinajstić information content (AvgIpc) is 2.45. The van der Waals surface area contributed by atoms with Crippen LogP contribution >= 0.6 is 0 Å². The third-order valence-electron chi connectivity index (χ3n) is 2.51. The lowest BCUT2D eigenvalue weighted by atomic mass is 10.2. The van der Waals surface area contributed by atoms with Gasteiger partial charge in [0.25, 0.3) is 0 Å². The van der Waals surface area contributed by atoms with Crippen LogP contribution in [0.2, 0.25) is 0 Å². The molecular weight excluding hydrogens is 246 g/mol. The Labute approximate surface area is 110 Å². The van der Waals surface area contributed by atoms with E-state index < -0.39 is 4.92 Å². The van der Waals surface area contributed by atoms with Crippen LogP contribution in [0.4, 0.5) is 11.5 Å². The molecule has 0 aliphatic heterocycles. The highest BCUT2D eigenvalue weighted by Gasteiger charge is 2.15. The predicted octanol–water partition coefficient (Wildman–Crippen LogP) is 2.61. The second kappa shape index (κ2) is 5.81. The lowest BCUT2D eigenvalue weighted by molar-refractivity contribution is -0.384. The van der Waals surface area contributed by atoms with Gasteiger partial charge in [-0.1, -0.05) is 30.3 Å². The Hall–Kier alpha value is -2.63. The maximum Gasteiger partial charge on any atom is 0.311 e. The van der Waals surface area contributed by atoms with E-state index in [1.165, 1.54) is 12.1 Å². The summed E-state index contributed by atoms with van der Waals surface area (Å²) in [5.41, 5.74) is 0.934. The minimum atomic E-state index is -0.486. The molecule has 0 atom stereocenters. The molecule has 98 valence electrons. The molecular formula is C13H13N3O3. The molecule has 1 aromatic carbocycles. The van der Waals surface area contributed by atoms with E-state index in [2.05, 4.69) is 10.3 Å². The van der Waals surface area contributed by atoms with E-state index in [0.29, 0.717) is 12.5 Å². The highest BCUT2D eigenvalue weighted by Crippen LogP contribution is 2.24. The molecule has 2 rings (SSSR count). The second-order valence-corrected chi connectivity index (χ2v) is 3.80. The van der Waals surface area contributed by atoms with Crippen molar-refractivity contribution in [3.8, 4) is 5.88 Å². The average molecular weight is 259 g/mol. The molecule has 1 N–H and O–H groups in total. The molecule has 0 amide bonds. The van der Waals surface area contributed by atoms with Gasteiger partial charge in [-0.2, -0.15) is 4.98 Å². The van der Waals surface area contributed by atoms with Crippen LogP contribution in [0, 0.1) is 10.1 Å². The summed E-state index contributed by atoms with van der Waals surface area (Å²) < 4.78 is 5.50. The SMILES string of the molecule is CNc1nc(OCc2ccccc2)ccc1[N+](=O)[O-]. The van der Waals surface area contributed by atoms with Crippen molar-refractivity contribution in [3.63, 3.8) is 0 Å². The number of nitrogens with zero attached hydrogens (tertiary/aromatic N) is 2. The molecule has 0 unspecified atom stereocenters. The molecule has 2 aromatic rings. The van der Waals surface area contributed by atoms with E-state index in [4.69, 9.17) is 4.74 Å². The number of rotatable bonds is 5. The molecule has 0 spiro atoms.